The van der Waals surface area contributed by atoms with Crippen LogP contribution in [0.3, 0.4) is 0 Å². The molecule has 16 heavy (non-hydrogen) atoms. The number of rotatable bonds is 6. The van der Waals surface area contributed by atoms with Crippen LogP contribution in [0.25, 0.3) is 0 Å². The van der Waals surface area contributed by atoms with Crippen LogP contribution in [0.4, 0.5) is 0 Å². The summed E-state index contributed by atoms with van der Waals surface area (Å²) in [7, 11) is 2.12. The van der Waals surface area contributed by atoms with Gasteiger partial charge in [-0.25, -0.2) is 0 Å². The van der Waals surface area contributed by atoms with Gasteiger partial charge in [-0.05, 0) is 59.5 Å². The minimum absolute atomic E-state index is 0.222. The summed E-state index contributed by atoms with van der Waals surface area (Å²) in [4.78, 5) is 2.28. The zero-order valence-electron chi connectivity index (χ0n) is 10.9. The van der Waals surface area contributed by atoms with Crippen molar-refractivity contribution < 1.29 is 4.42 Å². The fraction of sp³-hybridized carbons (Fsp3) is 0.692. The minimum Gasteiger partial charge on any atom is -0.468 e. The van der Waals surface area contributed by atoms with Crippen molar-refractivity contribution in [2.24, 2.45) is 0 Å². The summed E-state index contributed by atoms with van der Waals surface area (Å²) in [6, 6.07) is 3.95. The highest BCUT2D eigenvalue weighted by Crippen LogP contribution is 2.04. The topological polar surface area (TPSA) is 28.4 Å². The molecule has 0 radical (unpaired) electrons. The van der Waals surface area contributed by atoms with Gasteiger partial charge in [-0.15, -0.1) is 0 Å². The summed E-state index contributed by atoms with van der Waals surface area (Å²) in [5, 5.41) is 3.49. The molecule has 0 saturated carbocycles. The molecule has 0 aliphatic carbocycles. The molecule has 1 rings (SSSR count). The lowest BCUT2D eigenvalue weighted by Gasteiger charge is -2.21. The van der Waals surface area contributed by atoms with E-state index in [1.807, 2.05) is 12.1 Å². The van der Waals surface area contributed by atoms with Gasteiger partial charge < -0.3 is 9.73 Å². The van der Waals surface area contributed by atoms with Crippen LogP contribution in [0, 0.1) is 0 Å². The lowest BCUT2D eigenvalue weighted by atomic mass is 10.1. The maximum Gasteiger partial charge on any atom is 0.117 e. The first-order valence-corrected chi connectivity index (χ1v) is 5.93. The van der Waals surface area contributed by atoms with E-state index in [9.17, 15) is 0 Å². The Balaban J connectivity index is 2.09. The molecule has 3 heteroatoms. The van der Waals surface area contributed by atoms with Crippen LogP contribution in [0.15, 0.2) is 22.8 Å². The molecule has 1 aromatic heterocycles. The van der Waals surface area contributed by atoms with Crippen molar-refractivity contribution in [1.29, 1.82) is 0 Å². The highest BCUT2D eigenvalue weighted by atomic mass is 16.3. The first-order chi connectivity index (χ1) is 7.47. The summed E-state index contributed by atoms with van der Waals surface area (Å²) in [6.45, 7) is 9.62. The maximum absolute atomic E-state index is 5.31. The Morgan fingerprint density at radius 2 is 2.12 bits per heavy atom. The van der Waals surface area contributed by atoms with E-state index in [2.05, 4.69) is 38.0 Å². The second-order valence-corrected chi connectivity index (χ2v) is 5.35. The van der Waals surface area contributed by atoms with Crippen molar-refractivity contribution in [2.45, 2.75) is 39.3 Å². The van der Waals surface area contributed by atoms with E-state index >= 15 is 0 Å². The molecule has 0 amide bonds. The second-order valence-electron chi connectivity index (χ2n) is 5.35. The lowest BCUT2D eigenvalue weighted by Crippen LogP contribution is -2.37. The Bertz CT molecular complexity index is 275. The summed E-state index contributed by atoms with van der Waals surface area (Å²) in [6.07, 6.45) is 2.89. The van der Waals surface area contributed by atoms with Crippen LogP contribution >= 0.6 is 0 Å². The molecule has 0 fully saturated rings. The third-order valence-corrected chi connectivity index (χ3v) is 2.38. The van der Waals surface area contributed by atoms with Gasteiger partial charge in [0, 0.05) is 5.54 Å². The zero-order chi connectivity index (χ0) is 12.0. The average Bonchev–Trinajstić information content (AvgIpc) is 2.63. The highest BCUT2D eigenvalue weighted by Gasteiger charge is 2.08. The Labute approximate surface area is 98.8 Å². The summed E-state index contributed by atoms with van der Waals surface area (Å²) < 4.78 is 5.31. The summed E-state index contributed by atoms with van der Waals surface area (Å²) >= 11 is 0. The maximum atomic E-state index is 5.31. The van der Waals surface area contributed by atoms with E-state index in [1.165, 1.54) is 0 Å². The molecule has 1 N–H and O–H groups in total. The van der Waals surface area contributed by atoms with Gasteiger partial charge in [0.2, 0.25) is 0 Å². The third-order valence-electron chi connectivity index (χ3n) is 2.38. The van der Waals surface area contributed by atoms with E-state index in [1.54, 1.807) is 6.26 Å². The molecule has 0 bridgehead atoms. The molecule has 0 spiro atoms. The molecule has 0 saturated heterocycles. The van der Waals surface area contributed by atoms with Gasteiger partial charge in [0.1, 0.15) is 5.76 Å². The van der Waals surface area contributed by atoms with Crippen molar-refractivity contribution >= 4 is 0 Å². The first kappa shape index (κ1) is 13.3. The van der Waals surface area contributed by atoms with Crippen LogP contribution in [0.5, 0.6) is 0 Å². The van der Waals surface area contributed by atoms with Crippen LogP contribution < -0.4 is 5.32 Å². The van der Waals surface area contributed by atoms with Gasteiger partial charge in [0.05, 0.1) is 12.8 Å². The molecule has 0 unspecified atom stereocenters. The van der Waals surface area contributed by atoms with Crippen molar-refractivity contribution in [2.75, 3.05) is 20.1 Å². The van der Waals surface area contributed by atoms with E-state index in [0.717, 1.165) is 31.8 Å². The molecule has 1 aromatic rings. The number of hydrogen-bond donors (Lipinski definition) is 1. The molecule has 3 nitrogen and oxygen atoms in total. The molecule has 92 valence electrons. The third kappa shape index (κ3) is 5.93. The number of nitrogens with one attached hydrogen (secondary N) is 1. The number of furan rings is 1. The molecule has 0 atom stereocenters. The SMILES string of the molecule is CN(CCCNC(C)(C)C)Cc1ccco1. The number of nitrogens with zero attached hydrogens (tertiary/aromatic N) is 1. The predicted octanol–water partition coefficient (Wildman–Crippen LogP) is 2.49. The van der Waals surface area contributed by atoms with Gasteiger partial charge in [-0.2, -0.15) is 0 Å². The van der Waals surface area contributed by atoms with Gasteiger partial charge >= 0.3 is 0 Å². The molecule has 0 aliphatic rings. The summed E-state index contributed by atoms with van der Waals surface area (Å²) in [5.74, 6) is 1.03. The standard InChI is InChI=1S/C13H24N2O/c1-13(2,3)14-8-6-9-15(4)11-12-7-5-10-16-12/h5,7,10,14H,6,8-9,11H2,1-4H3. The number of hydrogen-bond acceptors (Lipinski definition) is 3. The summed E-state index contributed by atoms with van der Waals surface area (Å²) in [5.41, 5.74) is 0.222. The van der Waals surface area contributed by atoms with Crippen LogP contribution in [-0.2, 0) is 6.54 Å². The van der Waals surface area contributed by atoms with Crippen LogP contribution in [-0.4, -0.2) is 30.6 Å². The Hall–Kier alpha value is -0.800. The van der Waals surface area contributed by atoms with Crippen LogP contribution in [0.1, 0.15) is 33.0 Å². The van der Waals surface area contributed by atoms with Gasteiger partial charge in [-0.3, -0.25) is 4.90 Å². The second kappa shape index (κ2) is 6.06. The van der Waals surface area contributed by atoms with Crippen molar-refractivity contribution in [3.63, 3.8) is 0 Å². The fourth-order valence-electron chi connectivity index (χ4n) is 1.56. The van der Waals surface area contributed by atoms with E-state index < -0.39 is 0 Å². The van der Waals surface area contributed by atoms with Crippen LogP contribution in [0.2, 0.25) is 0 Å². The predicted molar refractivity (Wildman–Crippen MR) is 67.4 cm³/mol. The van der Waals surface area contributed by atoms with Gasteiger partial charge in [0.15, 0.2) is 0 Å². The Kier molecular flexibility index (Phi) is 5.03. The quantitative estimate of drug-likeness (QED) is 0.753. The average molecular weight is 224 g/mol. The largest absolute Gasteiger partial charge is 0.468 e. The lowest BCUT2D eigenvalue weighted by molar-refractivity contribution is 0.284. The van der Waals surface area contributed by atoms with Crippen molar-refractivity contribution in [1.82, 2.24) is 10.2 Å². The highest BCUT2D eigenvalue weighted by molar-refractivity contribution is 4.97. The molecular formula is C13H24N2O. The normalized spacial score (nSPS) is 12.3. The smallest absolute Gasteiger partial charge is 0.117 e. The fourth-order valence-corrected chi connectivity index (χ4v) is 1.56. The monoisotopic (exact) mass is 224 g/mol. The Morgan fingerprint density at radius 3 is 2.69 bits per heavy atom. The zero-order valence-corrected chi connectivity index (χ0v) is 10.9. The van der Waals surface area contributed by atoms with Crippen molar-refractivity contribution in [3.8, 4) is 0 Å². The molecule has 0 aliphatic heterocycles. The van der Waals surface area contributed by atoms with Gasteiger partial charge in [0.25, 0.3) is 0 Å². The molecular weight excluding hydrogens is 200 g/mol. The molecule has 0 aromatic carbocycles. The van der Waals surface area contributed by atoms with E-state index in [0.29, 0.717) is 0 Å². The Morgan fingerprint density at radius 1 is 1.38 bits per heavy atom. The van der Waals surface area contributed by atoms with E-state index in [4.69, 9.17) is 4.42 Å². The minimum atomic E-state index is 0.222. The van der Waals surface area contributed by atoms with Gasteiger partial charge in [-0.1, -0.05) is 0 Å². The first-order valence-electron chi connectivity index (χ1n) is 5.93. The van der Waals surface area contributed by atoms with Crippen molar-refractivity contribution in [3.05, 3.63) is 24.2 Å². The molecule has 1 heterocycles. The van der Waals surface area contributed by atoms with E-state index in [-0.39, 0.29) is 5.54 Å².